The van der Waals surface area contributed by atoms with E-state index in [1.165, 1.54) is 0 Å². The van der Waals surface area contributed by atoms with Crippen LogP contribution in [0, 0.1) is 5.41 Å². The lowest BCUT2D eigenvalue weighted by molar-refractivity contribution is 0.0238. The zero-order chi connectivity index (χ0) is 13.9. The van der Waals surface area contributed by atoms with Crippen LogP contribution >= 0.6 is 11.6 Å². The molecule has 1 amide bonds. The molecule has 0 atom stereocenters. The number of anilines is 1. The van der Waals surface area contributed by atoms with Gasteiger partial charge in [0.1, 0.15) is 0 Å². The molecule has 1 fully saturated rings. The molecule has 0 radical (unpaired) electrons. The van der Waals surface area contributed by atoms with Crippen LogP contribution in [-0.4, -0.2) is 25.7 Å². The van der Waals surface area contributed by atoms with Crippen molar-refractivity contribution >= 4 is 23.2 Å². The molecule has 0 aliphatic carbocycles. The molecule has 0 unspecified atom stereocenters. The fourth-order valence-corrected chi connectivity index (χ4v) is 2.37. The monoisotopic (exact) mass is 282 g/mol. The smallest absolute Gasteiger partial charge is 0.252 e. The zero-order valence-corrected chi connectivity index (χ0v) is 11.8. The molecule has 3 N–H and O–H groups in total. The molecule has 0 saturated carbocycles. The van der Waals surface area contributed by atoms with E-state index in [9.17, 15) is 4.79 Å². The Kier molecular flexibility index (Phi) is 4.32. The summed E-state index contributed by atoms with van der Waals surface area (Å²) in [5, 5.41) is 3.26. The summed E-state index contributed by atoms with van der Waals surface area (Å²) >= 11 is 6.04. The van der Waals surface area contributed by atoms with Gasteiger partial charge >= 0.3 is 0 Å². The molecule has 4 nitrogen and oxygen atoms in total. The Hall–Kier alpha value is -1.26. The summed E-state index contributed by atoms with van der Waals surface area (Å²) in [6.45, 7) is 4.30. The third-order valence-corrected chi connectivity index (χ3v) is 4.07. The van der Waals surface area contributed by atoms with Crippen LogP contribution in [-0.2, 0) is 4.74 Å². The highest BCUT2D eigenvalue weighted by Gasteiger charge is 2.28. The molecule has 2 rings (SSSR count). The molecule has 19 heavy (non-hydrogen) atoms. The third kappa shape index (κ3) is 3.39. The van der Waals surface area contributed by atoms with Crippen molar-refractivity contribution in [2.24, 2.45) is 5.41 Å². The molecule has 0 spiro atoms. The third-order valence-electron chi connectivity index (χ3n) is 3.65. The Morgan fingerprint density at radius 2 is 2.16 bits per heavy atom. The van der Waals surface area contributed by atoms with Crippen molar-refractivity contribution in [2.75, 3.05) is 25.5 Å². The first kappa shape index (κ1) is 14.2. The lowest BCUT2D eigenvalue weighted by Gasteiger charge is -2.33. The van der Waals surface area contributed by atoms with E-state index in [1.54, 1.807) is 18.2 Å². The highest BCUT2D eigenvalue weighted by molar-refractivity contribution is 6.36. The summed E-state index contributed by atoms with van der Waals surface area (Å²) in [4.78, 5) is 12.1. The summed E-state index contributed by atoms with van der Waals surface area (Å²) in [5.41, 5.74) is 6.64. The maximum Gasteiger partial charge on any atom is 0.252 e. The number of hydrogen-bond donors (Lipinski definition) is 2. The number of amides is 1. The quantitative estimate of drug-likeness (QED) is 0.837. The Labute approximate surface area is 118 Å². The van der Waals surface area contributed by atoms with Crippen molar-refractivity contribution in [2.45, 2.75) is 19.8 Å². The van der Waals surface area contributed by atoms with Gasteiger partial charge in [-0.3, -0.25) is 4.79 Å². The molecule has 1 aliphatic heterocycles. The molecule has 0 aromatic heterocycles. The largest absolute Gasteiger partial charge is 0.398 e. The van der Waals surface area contributed by atoms with Crippen LogP contribution in [0.4, 0.5) is 5.69 Å². The molecule has 1 aromatic carbocycles. The minimum Gasteiger partial charge on any atom is -0.398 e. The molecule has 0 bridgehead atoms. The van der Waals surface area contributed by atoms with Gasteiger partial charge in [0.2, 0.25) is 0 Å². The summed E-state index contributed by atoms with van der Waals surface area (Å²) < 4.78 is 5.34. The van der Waals surface area contributed by atoms with Crippen LogP contribution in [0.5, 0.6) is 0 Å². The minimum atomic E-state index is -0.176. The van der Waals surface area contributed by atoms with E-state index in [-0.39, 0.29) is 11.3 Å². The number of carbonyl (C=O) groups excluding carboxylic acids is 1. The van der Waals surface area contributed by atoms with Gasteiger partial charge < -0.3 is 15.8 Å². The predicted molar refractivity (Wildman–Crippen MR) is 76.4 cm³/mol. The van der Waals surface area contributed by atoms with Gasteiger partial charge in [0.25, 0.3) is 5.91 Å². The second-order valence-corrected chi connectivity index (χ2v) is 5.69. The van der Waals surface area contributed by atoms with Crippen LogP contribution in [0.1, 0.15) is 30.1 Å². The Bertz CT molecular complexity index is 471. The molecule has 5 heteroatoms. The molecular weight excluding hydrogens is 264 g/mol. The molecule has 104 valence electrons. The maximum atomic E-state index is 12.1. The van der Waals surface area contributed by atoms with Gasteiger partial charge in [0.05, 0.1) is 16.3 Å². The number of carbonyl (C=O) groups is 1. The first-order valence-corrected chi connectivity index (χ1v) is 6.80. The minimum absolute atomic E-state index is 0.0979. The standard InChI is InChI=1S/C14H19ClN2O2/c1-14(5-7-19-8-6-14)9-17-13(18)10-3-2-4-11(16)12(10)15/h2-4H,5-9,16H2,1H3,(H,17,18). The lowest BCUT2D eigenvalue weighted by atomic mass is 9.82. The number of hydrogen-bond acceptors (Lipinski definition) is 3. The topological polar surface area (TPSA) is 64.4 Å². The van der Waals surface area contributed by atoms with Gasteiger partial charge in [-0.15, -0.1) is 0 Å². The number of nitrogens with two attached hydrogens (primary N) is 1. The van der Waals surface area contributed by atoms with E-state index < -0.39 is 0 Å². The van der Waals surface area contributed by atoms with Crippen molar-refractivity contribution in [3.05, 3.63) is 28.8 Å². The molecule has 1 aromatic rings. The van der Waals surface area contributed by atoms with Crippen molar-refractivity contribution in [1.29, 1.82) is 0 Å². The van der Waals surface area contributed by atoms with Crippen LogP contribution < -0.4 is 11.1 Å². The van der Waals surface area contributed by atoms with Gasteiger partial charge in [-0.1, -0.05) is 24.6 Å². The van der Waals surface area contributed by atoms with Gasteiger partial charge in [-0.05, 0) is 30.4 Å². The first-order valence-electron chi connectivity index (χ1n) is 6.42. The average molecular weight is 283 g/mol. The number of benzene rings is 1. The predicted octanol–water partition coefficient (Wildman–Crippen LogP) is 2.47. The summed E-state index contributed by atoms with van der Waals surface area (Å²) in [5.74, 6) is -0.176. The second-order valence-electron chi connectivity index (χ2n) is 5.31. The first-order chi connectivity index (χ1) is 9.02. The number of nitrogen functional groups attached to an aromatic ring is 1. The highest BCUT2D eigenvalue weighted by Crippen LogP contribution is 2.29. The number of nitrogens with one attached hydrogen (secondary N) is 1. The van der Waals surface area contributed by atoms with Crippen molar-refractivity contribution in [3.8, 4) is 0 Å². The van der Waals surface area contributed by atoms with E-state index >= 15 is 0 Å². The molecule has 1 heterocycles. The molecule has 1 aliphatic rings. The van der Waals surface area contributed by atoms with E-state index in [4.69, 9.17) is 22.1 Å². The number of rotatable bonds is 3. The van der Waals surface area contributed by atoms with Crippen LogP contribution in [0.15, 0.2) is 18.2 Å². The van der Waals surface area contributed by atoms with Crippen LogP contribution in [0.25, 0.3) is 0 Å². The lowest BCUT2D eigenvalue weighted by Crippen LogP contribution is -2.39. The van der Waals surface area contributed by atoms with E-state index in [0.29, 0.717) is 22.8 Å². The number of halogens is 1. The highest BCUT2D eigenvalue weighted by atomic mass is 35.5. The Morgan fingerprint density at radius 1 is 1.47 bits per heavy atom. The van der Waals surface area contributed by atoms with Crippen molar-refractivity contribution in [1.82, 2.24) is 5.32 Å². The summed E-state index contributed by atoms with van der Waals surface area (Å²) in [6.07, 6.45) is 1.91. The van der Waals surface area contributed by atoms with Crippen molar-refractivity contribution < 1.29 is 9.53 Å². The summed E-state index contributed by atoms with van der Waals surface area (Å²) in [7, 11) is 0. The Balaban J connectivity index is 1.99. The average Bonchev–Trinajstić information content (AvgIpc) is 2.40. The van der Waals surface area contributed by atoms with Gasteiger partial charge in [0.15, 0.2) is 0 Å². The number of ether oxygens (including phenoxy) is 1. The maximum absolute atomic E-state index is 12.1. The van der Waals surface area contributed by atoms with Gasteiger partial charge in [-0.25, -0.2) is 0 Å². The van der Waals surface area contributed by atoms with Gasteiger partial charge in [-0.2, -0.15) is 0 Å². The van der Waals surface area contributed by atoms with Crippen LogP contribution in [0.3, 0.4) is 0 Å². The molecular formula is C14H19ClN2O2. The SMILES string of the molecule is CC1(CNC(=O)c2cccc(N)c2Cl)CCOCC1. The molecule has 1 saturated heterocycles. The van der Waals surface area contributed by atoms with E-state index in [0.717, 1.165) is 26.1 Å². The Morgan fingerprint density at radius 3 is 2.84 bits per heavy atom. The van der Waals surface area contributed by atoms with E-state index in [2.05, 4.69) is 12.2 Å². The normalized spacial score (nSPS) is 18.0. The van der Waals surface area contributed by atoms with Crippen molar-refractivity contribution in [3.63, 3.8) is 0 Å². The second kappa shape index (κ2) is 5.80. The van der Waals surface area contributed by atoms with Crippen LogP contribution in [0.2, 0.25) is 5.02 Å². The fraction of sp³-hybridized carbons (Fsp3) is 0.500. The zero-order valence-electron chi connectivity index (χ0n) is 11.0. The van der Waals surface area contributed by atoms with Gasteiger partial charge in [0, 0.05) is 19.8 Å². The summed E-state index contributed by atoms with van der Waals surface area (Å²) in [6, 6.07) is 5.09. The fourth-order valence-electron chi connectivity index (χ4n) is 2.16. The van der Waals surface area contributed by atoms with E-state index in [1.807, 2.05) is 0 Å².